The molecule has 0 aliphatic rings. The SMILES string of the molecule is CC(C)CSc1nc2c(cnn2-c2ccc(S(N)(=O)=O)cc2)c(=O)[nH]1. The molecular weight excluding hydrogens is 362 g/mol. The number of H-pyrrole nitrogens is 1. The third kappa shape index (κ3) is 3.75. The molecule has 3 N–H and O–H groups in total. The summed E-state index contributed by atoms with van der Waals surface area (Å²) in [4.78, 5) is 19.4. The standard InChI is InChI=1S/C15H17N5O3S2/c1-9(2)8-24-15-18-13-12(14(21)19-15)7-17-20(13)10-3-5-11(6-4-10)25(16,22)23/h3-7,9H,8H2,1-2H3,(H2,16,22,23)(H,18,19,21). The minimum Gasteiger partial charge on any atom is -0.301 e. The van der Waals surface area contributed by atoms with E-state index in [1.807, 2.05) is 0 Å². The van der Waals surface area contributed by atoms with Crippen molar-refractivity contribution in [2.24, 2.45) is 11.1 Å². The molecule has 1 aromatic carbocycles. The van der Waals surface area contributed by atoms with Crippen molar-refractivity contribution < 1.29 is 8.42 Å². The highest BCUT2D eigenvalue weighted by molar-refractivity contribution is 7.99. The van der Waals surface area contributed by atoms with Crippen LogP contribution in [0, 0.1) is 5.92 Å². The van der Waals surface area contributed by atoms with Gasteiger partial charge in [-0.2, -0.15) is 5.10 Å². The molecule has 0 atom stereocenters. The molecule has 0 aliphatic carbocycles. The Hall–Kier alpha value is -2.17. The monoisotopic (exact) mass is 379 g/mol. The van der Waals surface area contributed by atoms with E-state index in [0.717, 1.165) is 5.75 Å². The van der Waals surface area contributed by atoms with Crippen LogP contribution in [0.4, 0.5) is 0 Å². The maximum atomic E-state index is 12.2. The van der Waals surface area contributed by atoms with Crippen LogP contribution in [0.2, 0.25) is 0 Å². The van der Waals surface area contributed by atoms with Gasteiger partial charge in [0, 0.05) is 5.75 Å². The summed E-state index contributed by atoms with van der Waals surface area (Å²) in [6.07, 6.45) is 1.44. The quantitative estimate of drug-likeness (QED) is 0.511. The Morgan fingerprint density at radius 3 is 2.56 bits per heavy atom. The van der Waals surface area contributed by atoms with Crippen LogP contribution in [0.25, 0.3) is 16.7 Å². The molecule has 2 aromatic heterocycles. The van der Waals surface area contributed by atoms with Crippen molar-refractivity contribution in [3.05, 3.63) is 40.8 Å². The van der Waals surface area contributed by atoms with Gasteiger partial charge in [-0.05, 0) is 30.2 Å². The van der Waals surface area contributed by atoms with Crippen molar-refractivity contribution >= 4 is 32.8 Å². The molecule has 0 fully saturated rings. The van der Waals surface area contributed by atoms with E-state index in [2.05, 4.69) is 28.9 Å². The zero-order valence-corrected chi connectivity index (χ0v) is 15.3. The van der Waals surface area contributed by atoms with E-state index in [0.29, 0.717) is 27.8 Å². The smallest absolute Gasteiger partial charge is 0.262 e. The van der Waals surface area contributed by atoms with E-state index in [1.54, 1.807) is 12.1 Å². The summed E-state index contributed by atoms with van der Waals surface area (Å²) in [7, 11) is -3.76. The van der Waals surface area contributed by atoms with Gasteiger partial charge >= 0.3 is 0 Å². The van der Waals surface area contributed by atoms with E-state index < -0.39 is 10.0 Å². The number of rotatable bonds is 5. The number of aromatic amines is 1. The zero-order valence-electron chi connectivity index (χ0n) is 13.6. The first kappa shape index (κ1) is 17.6. The maximum absolute atomic E-state index is 12.2. The van der Waals surface area contributed by atoms with Crippen LogP contribution in [0.15, 0.2) is 45.3 Å². The van der Waals surface area contributed by atoms with Crippen molar-refractivity contribution in [3.63, 3.8) is 0 Å². The number of sulfonamides is 1. The summed E-state index contributed by atoms with van der Waals surface area (Å²) in [6, 6.07) is 5.91. The zero-order chi connectivity index (χ0) is 18.2. The van der Waals surface area contributed by atoms with Crippen LogP contribution in [0.5, 0.6) is 0 Å². The molecule has 0 saturated carbocycles. The minimum atomic E-state index is -3.76. The lowest BCUT2D eigenvalue weighted by molar-refractivity contribution is 0.598. The molecule has 132 valence electrons. The van der Waals surface area contributed by atoms with E-state index in [1.165, 1.54) is 34.8 Å². The van der Waals surface area contributed by atoms with Crippen LogP contribution in [-0.2, 0) is 10.0 Å². The van der Waals surface area contributed by atoms with Crippen LogP contribution < -0.4 is 10.7 Å². The Morgan fingerprint density at radius 2 is 1.96 bits per heavy atom. The number of thioether (sulfide) groups is 1. The Balaban J connectivity index is 2.06. The fourth-order valence-corrected chi connectivity index (χ4v) is 3.50. The number of nitrogens with two attached hydrogens (primary N) is 1. The van der Waals surface area contributed by atoms with Crippen molar-refractivity contribution in [3.8, 4) is 5.69 Å². The van der Waals surface area contributed by atoms with Gasteiger partial charge in [-0.1, -0.05) is 25.6 Å². The van der Waals surface area contributed by atoms with Crippen molar-refractivity contribution in [2.45, 2.75) is 23.9 Å². The molecule has 0 radical (unpaired) electrons. The van der Waals surface area contributed by atoms with Crippen molar-refractivity contribution in [1.29, 1.82) is 0 Å². The Bertz CT molecular complexity index is 1070. The Kier molecular flexibility index (Phi) is 4.67. The van der Waals surface area contributed by atoms with Gasteiger partial charge in [-0.15, -0.1) is 0 Å². The van der Waals surface area contributed by atoms with Gasteiger partial charge in [0.25, 0.3) is 5.56 Å². The van der Waals surface area contributed by atoms with E-state index in [9.17, 15) is 13.2 Å². The lowest BCUT2D eigenvalue weighted by atomic mass is 10.3. The summed E-state index contributed by atoms with van der Waals surface area (Å²) in [5.41, 5.74) is 0.738. The van der Waals surface area contributed by atoms with Crippen LogP contribution in [-0.4, -0.2) is 33.9 Å². The van der Waals surface area contributed by atoms with Crippen molar-refractivity contribution in [1.82, 2.24) is 19.7 Å². The molecule has 0 aliphatic heterocycles. The first-order chi connectivity index (χ1) is 11.8. The lowest BCUT2D eigenvalue weighted by Crippen LogP contribution is -2.12. The molecular formula is C15H17N5O3S2. The van der Waals surface area contributed by atoms with Crippen LogP contribution >= 0.6 is 11.8 Å². The highest BCUT2D eigenvalue weighted by Gasteiger charge is 2.13. The molecule has 25 heavy (non-hydrogen) atoms. The first-order valence-corrected chi connectivity index (χ1v) is 10.0. The average Bonchev–Trinajstić information content (AvgIpc) is 2.96. The number of aromatic nitrogens is 4. The molecule has 0 amide bonds. The van der Waals surface area contributed by atoms with Crippen molar-refractivity contribution in [2.75, 3.05) is 5.75 Å². The summed E-state index contributed by atoms with van der Waals surface area (Å²) in [5, 5.41) is 10.2. The number of benzene rings is 1. The highest BCUT2D eigenvalue weighted by Crippen LogP contribution is 2.20. The summed E-state index contributed by atoms with van der Waals surface area (Å²) < 4.78 is 24.2. The molecule has 0 spiro atoms. The molecule has 2 heterocycles. The fourth-order valence-electron chi connectivity index (χ4n) is 2.18. The topological polar surface area (TPSA) is 124 Å². The summed E-state index contributed by atoms with van der Waals surface area (Å²) in [5.74, 6) is 1.28. The largest absolute Gasteiger partial charge is 0.301 e. The Morgan fingerprint density at radius 1 is 1.28 bits per heavy atom. The number of hydrogen-bond donors (Lipinski definition) is 2. The number of fused-ring (bicyclic) bond motifs is 1. The number of hydrogen-bond acceptors (Lipinski definition) is 6. The second-order valence-corrected chi connectivity index (χ2v) is 8.48. The number of nitrogens with one attached hydrogen (secondary N) is 1. The minimum absolute atomic E-state index is 0.00620. The summed E-state index contributed by atoms with van der Waals surface area (Å²) >= 11 is 1.47. The van der Waals surface area contributed by atoms with Gasteiger partial charge in [0.15, 0.2) is 10.8 Å². The van der Waals surface area contributed by atoms with Gasteiger partial charge in [0.2, 0.25) is 10.0 Å². The molecule has 10 heteroatoms. The van der Waals surface area contributed by atoms with Gasteiger partial charge < -0.3 is 4.98 Å². The van der Waals surface area contributed by atoms with E-state index >= 15 is 0 Å². The van der Waals surface area contributed by atoms with Crippen LogP contribution in [0.1, 0.15) is 13.8 Å². The highest BCUT2D eigenvalue weighted by atomic mass is 32.2. The molecule has 0 unspecified atom stereocenters. The first-order valence-electron chi connectivity index (χ1n) is 7.50. The van der Waals surface area contributed by atoms with Gasteiger partial charge in [0.1, 0.15) is 5.39 Å². The van der Waals surface area contributed by atoms with Gasteiger partial charge in [-0.25, -0.2) is 23.2 Å². The number of nitrogens with zero attached hydrogens (tertiary/aromatic N) is 3. The molecule has 0 bridgehead atoms. The molecule has 0 saturated heterocycles. The molecule has 8 nitrogen and oxygen atoms in total. The predicted molar refractivity (Wildman–Crippen MR) is 96.4 cm³/mol. The third-order valence-corrected chi connectivity index (χ3v) is 5.61. The Labute approximate surface area is 148 Å². The number of primary sulfonamides is 1. The van der Waals surface area contributed by atoms with E-state index in [4.69, 9.17) is 5.14 Å². The second-order valence-electron chi connectivity index (χ2n) is 5.91. The maximum Gasteiger partial charge on any atom is 0.262 e. The molecule has 3 aromatic rings. The molecule has 3 rings (SSSR count). The fraction of sp³-hybridized carbons (Fsp3) is 0.267. The van der Waals surface area contributed by atoms with Gasteiger partial charge in [0.05, 0.1) is 16.8 Å². The normalized spacial score (nSPS) is 12.2. The van der Waals surface area contributed by atoms with Gasteiger partial charge in [-0.3, -0.25) is 4.79 Å². The third-order valence-electron chi connectivity index (χ3n) is 3.38. The lowest BCUT2D eigenvalue weighted by Gasteiger charge is -2.06. The summed E-state index contributed by atoms with van der Waals surface area (Å²) in [6.45, 7) is 4.17. The van der Waals surface area contributed by atoms with E-state index in [-0.39, 0.29) is 10.5 Å². The van der Waals surface area contributed by atoms with Crippen LogP contribution in [0.3, 0.4) is 0 Å². The second kappa shape index (κ2) is 6.62. The predicted octanol–water partition coefficient (Wildman–Crippen LogP) is 1.50. The average molecular weight is 379 g/mol.